The molecule has 1 unspecified atom stereocenters. The van der Waals surface area contributed by atoms with Gasteiger partial charge in [0.1, 0.15) is 10.8 Å². The largest absolute Gasteiger partial charge is 0.480 e. The van der Waals surface area contributed by atoms with Gasteiger partial charge in [-0.2, -0.15) is 0 Å². The number of hydrogen-bond acceptors (Lipinski definition) is 3. The van der Waals surface area contributed by atoms with Crippen molar-refractivity contribution < 1.29 is 19.4 Å². The average molecular weight is 369 g/mol. The number of benzene rings is 1. The fraction of sp³-hybridized carbons (Fsp3) is 0.444. The molecule has 4 nitrogen and oxygen atoms in total. The van der Waals surface area contributed by atoms with Crippen molar-refractivity contribution in [3.63, 3.8) is 0 Å². The number of fused-ring (bicyclic) bond motifs is 3. The lowest BCUT2D eigenvalue weighted by molar-refractivity contribution is -0.139. The van der Waals surface area contributed by atoms with E-state index in [0.29, 0.717) is 11.4 Å². The molecule has 0 spiro atoms. The molecule has 1 N–H and O–H groups in total. The van der Waals surface area contributed by atoms with Crippen LogP contribution in [0.5, 0.6) is 5.75 Å². The van der Waals surface area contributed by atoms with E-state index >= 15 is 0 Å². The van der Waals surface area contributed by atoms with Gasteiger partial charge in [0, 0.05) is 17.4 Å². The predicted octanol–water partition coefficient (Wildman–Crippen LogP) is 4.55. The van der Waals surface area contributed by atoms with Gasteiger partial charge in [0.2, 0.25) is 0 Å². The summed E-state index contributed by atoms with van der Waals surface area (Å²) in [5.74, 6) is -0.685. The zero-order valence-electron chi connectivity index (χ0n) is 13.3. The van der Waals surface area contributed by atoms with Gasteiger partial charge in [-0.1, -0.05) is 36.5 Å². The molecule has 0 aromatic heterocycles. The van der Waals surface area contributed by atoms with Crippen molar-refractivity contribution in [1.82, 2.24) is 0 Å². The lowest BCUT2D eigenvalue weighted by Gasteiger charge is -2.33. The standard InChI is InChI=1S/C18H18Cl2O4/c1-2-4-18-5-3-11(21)7-12(18)15-10(8-18)6-13(16(19)17(15)20)24-9-14(22)23/h6-7H,2-5,8-9H2,1H3,(H,22,23). The summed E-state index contributed by atoms with van der Waals surface area (Å²) in [6.07, 6.45) is 5.82. The van der Waals surface area contributed by atoms with Crippen molar-refractivity contribution in [3.8, 4) is 5.75 Å². The van der Waals surface area contributed by atoms with Crippen molar-refractivity contribution in [2.24, 2.45) is 5.41 Å². The Balaban J connectivity index is 2.09. The molecule has 24 heavy (non-hydrogen) atoms. The first kappa shape index (κ1) is 17.3. The quantitative estimate of drug-likeness (QED) is 0.827. The Morgan fingerprint density at radius 3 is 2.79 bits per heavy atom. The number of rotatable bonds is 5. The van der Waals surface area contributed by atoms with E-state index in [1.807, 2.05) is 0 Å². The highest BCUT2D eigenvalue weighted by atomic mass is 35.5. The second-order valence-electron chi connectivity index (χ2n) is 6.45. The van der Waals surface area contributed by atoms with Crippen LogP contribution in [-0.4, -0.2) is 23.5 Å². The van der Waals surface area contributed by atoms with Crippen molar-refractivity contribution in [2.75, 3.05) is 6.61 Å². The summed E-state index contributed by atoms with van der Waals surface area (Å²) in [6.45, 7) is 1.65. The molecule has 2 aliphatic rings. The Morgan fingerprint density at radius 1 is 1.38 bits per heavy atom. The fourth-order valence-electron chi connectivity index (χ4n) is 3.92. The molecule has 1 atom stereocenters. The second kappa shape index (κ2) is 6.41. The molecule has 0 radical (unpaired) electrons. The molecule has 0 amide bonds. The van der Waals surface area contributed by atoms with E-state index in [2.05, 4.69) is 6.92 Å². The molecule has 1 aromatic carbocycles. The Bertz CT molecular complexity index is 754. The summed E-state index contributed by atoms with van der Waals surface area (Å²) in [4.78, 5) is 22.7. The minimum Gasteiger partial charge on any atom is -0.480 e. The second-order valence-corrected chi connectivity index (χ2v) is 7.21. The van der Waals surface area contributed by atoms with Gasteiger partial charge in [0.05, 0.1) is 5.02 Å². The van der Waals surface area contributed by atoms with Crippen molar-refractivity contribution in [1.29, 1.82) is 0 Å². The Morgan fingerprint density at radius 2 is 2.12 bits per heavy atom. The lowest BCUT2D eigenvalue weighted by atomic mass is 9.70. The molecule has 0 aliphatic heterocycles. The zero-order valence-corrected chi connectivity index (χ0v) is 14.8. The summed E-state index contributed by atoms with van der Waals surface area (Å²) in [7, 11) is 0. The fourth-order valence-corrected chi connectivity index (χ4v) is 4.44. The van der Waals surface area contributed by atoms with E-state index in [4.69, 9.17) is 33.0 Å². The van der Waals surface area contributed by atoms with E-state index in [1.165, 1.54) is 0 Å². The van der Waals surface area contributed by atoms with E-state index < -0.39 is 12.6 Å². The van der Waals surface area contributed by atoms with E-state index in [0.717, 1.165) is 42.4 Å². The van der Waals surface area contributed by atoms with E-state index in [-0.39, 0.29) is 22.0 Å². The molecule has 6 heteroatoms. The van der Waals surface area contributed by atoms with Gasteiger partial charge in [-0.15, -0.1) is 0 Å². The number of halogens is 2. The first-order valence-corrected chi connectivity index (χ1v) is 8.74. The smallest absolute Gasteiger partial charge is 0.341 e. The number of carbonyl (C=O) groups excluding carboxylic acids is 1. The van der Waals surface area contributed by atoms with Gasteiger partial charge >= 0.3 is 5.97 Å². The molecular weight excluding hydrogens is 351 g/mol. The Hall–Kier alpha value is -1.52. The monoisotopic (exact) mass is 368 g/mol. The molecule has 0 bridgehead atoms. The molecule has 128 valence electrons. The van der Waals surface area contributed by atoms with Crippen LogP contribution in [0.4, 0.5) is 0 Å². The number of ether oxygens (including phenoxy) is 1. The summed E-state index contributed by atoms with van der Waals surface area (Å²) in [5.41, 5.74) is 2.70. The molecule has 0 saturated heterocycles. The topological polar surface area (TPSA) is 63.6 Å². The van der Waals surface area contributed by atoms with Crippen LogP contribution in [0.3, 0.4) is 0 Å². The molecular formula is C18H18Cl2O4. The average Bonchev–Trinajstić information content (AvgIpc) is 2.83. The number of carboxylic acid groups (broad SMARTS) is 1. The maximum atomic E-state index is 12.0. The number of ketones is 1. The molecule has 1 aromatic rings. The highest BCUT2D eigenvalue weighted by Crippen LogP contribution is 2.58. The van der Waals surface area contributed by atoms with Crippen LogP contribution in [-0.2, 0) is 16.0 Å². The van der Waals surface area contributed by atoms with Gasteiger partial charge in [-0.05, 0) is 42.5 Å². The summed E-state index contributed by atoms with van der Waals surface area (Å²) < 4.78 is 5.27. The van der Waals surface area contributed by atoms with Gasteiger partial charge in [-0.3, -0.25) is 4.79 Å². The van der Waals surface area contributed by atoms with Gasteiger partial charge in [0.15, 0.2) is 12.4 Å². The number of carbonyl (C=O) groups is 2. The van der Waals surface area contributed by atoms with Crippen LogP contribution >= 0.6 is 23.2 Å². The highest BCUT2D eigenvalue weighted by Gasteiger charge is 2.45. The minimum absolute atomic E-state index is 0.0800. The van der Waals surface area contributed by atoms with Crippen molar-refractivity contribution >= 4 is 40.5 Å². The Labute approximate surface area is 150 Å². The molecule has 0 fully saturated rings. The van der Waals surface area contributed by atoms with Crippen LogP contribution in [0, 0.1) is 5.41 Å². The van der Waals surface area contributed by atoms with Crippen LogP contribution in [0.15, 0.2) is 12.1 Å². The van der Waals surface area contributed by atoms with Gasteiger partial charge < -0.3 is 9.84 Å². The van der Waals surface area contributed by atoms with Crippen LogP contribution in [0.2, 0.25) is 10.0 Å². The number of hydrogen-bond donors (Lipinski definition) is 1. The predicted molar refractivity (Wildman–Crippen MR) is 92.9 cm³/mol. The normalized spacial score (nSPS) is 22.0. The lowest BCUT2D eigenvalue weighted by Crippen LogP contribution is -2.25. The maximum absolute atomic E-state index is 12.0. The molecule has 3 rings (SSSR count). The maximum Gasteiger partial charge on any atom is 0.341 e. The third-order valence-corrected chi connectivity index (χ3v) is 5.71. The van der Waals surface area contributed by atoms with Crippen LogP contribution in [0.25, 0.3) is 5.57 Å². The van der Waals surface area contributed by atoms with Crippen LogP contribution in [0.1, 0.15) is 43.7 Å². The van der Waals surface area contributed by atoms with E-state index in [1.54, 1.807) is 12.1 Å². The van der Waals surface area contributed by atoms with Crippen molar-refractivity contribution in [2.45, 2.75) is 39.0 Å². The summed E-state index contributed by atoms with van der Waals surface area (Å²) >= 11 is 12.8. The van der Waals surface area contributed by atoms with E-state index in [9.17, 15) is 9.59 Å². The summed E-state index contributed by atoms with van der Waals surface area (Å²) in [5, 5.41) is 9.33. The van der Waals surface area contributed by atoms with Crippen LogP contribution < -0.4 is 4.74 Å². The SMILES string of the molecule is CCCC12CCC(=O)C=C1c1c(cc(OCC(=O)O)c(Cl)c1Cl)C2. The molecule has 2 aliphatic carbocycles. The Kier molecular flexibility index (Phi) is 4.63. The van der Waals surface area contributed by atoms with Gasteiger partial charge in [-0.25, -0.2) is 4.79 Å². The minimum atomic E-state index is -1.08. The third kappa shape index (κ3) is 2.82. The molecule has 0 heterocycles. The number of carboxylic acids is 1. The number of aliphatic carboxylic acids is 1. The molecule has 0 saturated carbocycles. The highest BCUT2D eigenvalue weighted by molar-refractivity contribution is 6.44. The first-order valence-electron chi connectivity index (χ1n) is 7.99. The van der Waals surface area contributed by atoms with Gasteiger partial charge in [0.25, 0.3) is 0 Å². The first-order chi connectivity index (χ1) is 11.4. The zero-order chi connectivity index (χ0) is 17.5. The third-order valence-electron chi connectivity index (χ3n) is 4.86. The number of allylic oxidation sites excluding steroid dienone is 2. The summed E-state index contributed by atoms with van der Waals surface area (Å²) in [6, 6.07) is 1.77. The van der Waals surface area contributed by atoms with Crippen molar-refractivity contribution in [3.05, 3.63) is 33.3 Å².